The van der Waals surface area contributed by atoms with E-state index in [1.165, 1.54) is 37.0 Å². The first-order chi connectivity index (χ1) is 9.52. The van der Waals surface area contributed by atoms with E-state index in [0.717, 1.165) is 5.34 Å². The van der Waals surface area contributed by atoms with Gasteiger partial charge in [0.05, 0.1) is 0 Å². The molecule has 0 saturated heterocycles. The number of nitroso groups, excluding NO2 is 1. The van der Waals surface area contributed by atoms with E-state index in [0.29, 0.717) is 15.8 Å². The molecule has 0 unspecified atom stereocenters. The number of hydrogen-bond acceptors (Lipinski definition) is 5. The van der Waals surface area contributed by atoms with Gasteiger partial charge in [0.25, 0.3) is 0 Å². The van der Waals surface area contributed by atoms with Crippen LogP contribution in [-0.2, 0) is 15.7 Å². The molecule has 126 valence electrons. The number of hydrogen-bond donors (Lipinski definition) is 0. The van der Waals surface area contributed by atoms with Crippen LogP contribution in [0.1, 0.15) is 41.5 Å². The second kappa shape index (κ2) is 31.6. The molecular weight excluding hydrogens is 341 g/mol. The summed E-state index contributed by atoms with van der Waals surface area (Å²) in [5.41, 5.74) is 0. The van der Waals surface area contributed by atoms with E-state index in [2.05, 4.69) is 57.2 Å². The molecule has 0 radical (unpaired) electrons. The van der Waals surface area contributed by atoms with Crippen LogP contribution in [0, 0.1) is 15.0 Å². The third-order valence-electron chi connectivity index (χ3n) is 2.68. The fraction of sp³-hybridized carbons (Fsp3) is 1.00. The molecule has 0 aliphatic rings. The molecule has 5 nitrogen and oxygen atoms in total. The Morgan fingerprint density at radius 2 is 0.850 bits per heavy atom. The summed E-state index contributed by atoms with van der Waals surface area (Å²) in [5, 5.41) is 9.00. The topological polar surface area (TPSA) is 81.9 Å². The Hall–Kier alpha value is 0.354. The third-order valence-corrected chi connectivity index (χ3v) is 8.05. The monoisotopic (exact) mass is 370 g/mol. The molecule has 0 N–H and O–H groups in total. The first-order valence-electron chi connectivity index (χ1n) is 6.83. The van der Waals surface area contributed by atoms with Crippen molar-refractivity contribution in [1.29, 1.82) is 0 Å². The van der Waals surface area contributed by atoms with E-state index in [9.17, 15) is 0 Å². The van der Waals surface area contributed by atoms with Crippen LogP contribution in [-0.4, -0.2) is 37.0 Å². The van der Waals surface area contributed by atoms with Gasteiger partial charge in [-0.05, 0) is 37.0 Å². The van der Waals surface area contributed by atoms with Crippen LogP contribution in [0.15, 0.2) is 9.60 Å². The van der Waals surface area contributed by atoms with E-state index in [-0.39, 0.29) is 0 Å². The predicted molar refractivity (Wildman–Crippen MR) is 92.0 cm³/mol. The molecule has 0 rings (SSSR count). The van der Waals surface area contributed by atoms with Crippen molar-refractivity contribution in [2.45, 2.75) is 41.5 Å². The van der Waals surface area contributed by atoms with Gasteiger partial charge in [-0.2, -0.15) is 0 Å². The van der Waals surface area contributed by atoms with Crippen molar-refractivity contribution < 1.29 is 15.7 Å². The van der Waals surface area contributed by atoms with Gasteiger partial charge in [0.1, 0.15) is 0 Å². The van der Waals surface area contributed by atoms with E-state index < -0.39 is 0 Å². The van der Waals surface area contributed by atoms with Crippen LogP contribution < -0.4 is 0 Å². The van der Waals surface area contributed by atoms with E-state index in [4.69, 9.17) is 15.0 Å². The standard InChI is InChI=1S/2C6H15P.HNO2.NO.Ni/c2*1-4-7(5-2)6-3;2-1-3;1-2;/h2*4-6H2,1-3H3;(H,2,3);;/q;;;-1;+2/p-1. The number of nitrogens with zero attached hydrogens (tertiary/aromatic N) is 2. The average Bonchev–Trinajstić information content (AvgIpc) is 2.45. The summed E-state index contributed by atoms with van der Waals surface area (Å²) >= 11 is 3.24. The van der Waals surface area contributed by atoms with E-state index in [1.54, 1.807) is 0 Å². The van der Waals surface area contributed by atoms with E-state index >= 15 is 0 Å². The van der Waals surface area contributed by atoms with Crippen molar-refractivity contribution in [3.8, 4) is 0 Å². The van der Waals surface area contributed by atoms with E-state index in [1.807, 2.05) is 4.26 Å². The van der Waals surface area contributed by atoms with Gasteiger partial charge in [-0.15, -0.1) is 21.2 Å². The molecule has 0 heterocycles. The van der Waals surface area contributed by atoms with Crippen molar-refractivity contribution in [2.75, 3.05) is 37.0 Å². The molecule has 0 saturated carbocycles. The molecule has 0 spiro atoms. The van der Waals surface area contributed by atoms with Crippen LogP contribution in [0.3, 0.4) is 0 Å². The zero-order chi connectivity index (χ0) is 16.8. The summed E-state index contributed by atoms with van der Waals surface area (Å²) in [4.78, 5) is 16.4. The molecule has 0 aromatic rings. The second-order valence-corrected chi connectivity index (χ2v) is 10.0. The minimum absolute atomic E-state index is 0.446. The van der Waals surface area contributed by atoms with Gasteiger partial charge in [0, 0.05) is 0 Å². The molecule has 20 heavy (non-hydrogen) atoms. The van der Waals surface area contributed by atoms with Crippen LogP contribution >= 0.6 is 15.8 Å². The molecule has 0 amide bonds. The van der Waals surface area contributed by atoms with Crippen molar-refractivity contribution in [2.24, 2.45) is 9.60 Å². The van der Waals surface area contributed by atoms with Crippen LogP contribution in [0.5, 0.6) is 0 Å². The van der Waals surface area contributed by atoms with Gasteiger partial charge >= 0.3 is 24.8 Å². The van der Waals surface area contributed by atoms with Gasteiger partial charge in [0.2, 0.25) is 0 Å². The van der Waals surface area contributed by atoms with Crippen molar-refractivity contribution in [3.63, 3.8) is 0 Å². The molecule has 0 fully saturated rings. The fourth-order valence-corrected chi connectivity index (χ4v) is 4.02. The summed E-state index contributed by atoms with van der Waals surface area (Å²) < 4.78 is 1.88. The quantitative estimate of drug-likeness (QED) is 0.267. The Morgan fingerprint density at radius 1 is 0.750 bits per heavy atom. The SMILES string of the molecule is CCP(CC)CC.CCP(CC)CC.O=N[O-].O=[N][Ni+]. The molecule has 0 aliphatic heterocycles. The molecule has 0 aromatic carbocycles. The zero-order valence-corrected chi connectivity index (χ0v) is 16.3. The van der Waals surface area contributed by atoms with Crippen LogP contribution in [0.4, 0.5) is 0 Å². The van der Waals surface area contributed by atoms with Gasteiger partial charge in [0.15, 0.2) is 0 Å². The maximum atomic E-state index is 8.39. The van der Waals surface area contributed by atoms with Gasteiger partial charge in [-0.1, -0.05) is 41.5 Å². The molecular formula is C12H30N2NiO3P2. The molecule has 0 bridgehead atoms. The predicted octanol–water partition coefficient (Wildman–Crippen LogP) is 5.52. The second-order valence-electron chi connectivity index (χ2n) is 3.37. The molecule has 0 aromatic heterocycles. The Bertz CT molecular complexity index is 144. The van der Waals surface area contributed by atoms with Crippen LogP contribution in [0.25, 0.3) is 0 Å². The maximum absolute atomic E-state index is 8.39. The van der Waals surface area contributed by atoms with Crippen molar-refractivity contribution >= 4 is 15.8 Å². The Morgan fingerprint density at radius 3 is 0.850 bits per heavy atom. The first-order valence-corrected chi connectivity index (χ1v) is 11.1. The summed E-state index contributed by atoms with van der Waals surface area (Å²) in [6.07, 6.45) is 8.51. The van der Waals surface area contributed by atoms with Crippen molar-refractivity contribution in [3.05, 3.63) is 15.0 Å². The Balaban J connectivity index is -0.0000000927. The molecule has 0 atom stereocenters. The summed E-state index contributed by atoms with van der Waals surface area (Å²) in [7, 11) is 0.892. The summed E-state index contributed by atoms with van der Waals surface area (Å²) in [5.74, 6) is 0. The normalized spacial score (nSPS) is 8.50. The molecule has 0 aliphatic carbocycles. The Kier molecular flexibility index (Phi) is 45.1. The number of rotatable bonds is 6. The minimum atomic E-state index is 0.446. The first kappa shape index (κ1) is 28.5. The van der Waals surface area contributed by atoms with Gasteiger partial charge in [-0.3, -0.25) is 0 Å². The van der Waals surface area contributed by atoms with Crippen molar-refractivity contribution in [1.82, 2.24) is 0 Å². The summed E-state index contributed by atoms with van der Waals surface area (Å²) in [6.45, 7) is 13.7. The summed E-state index contributed by atoms with van der Waals surface area (Å²) in [6, 6.07) is 0. The molecule has 8 heteroatoms. The van der Waals surface area contributed by atoms with Gasteiger partial charge in [-0.25, -0.2) is 0 Å². The van der Waals surface area contributed by atoms with Crippen LogP contribution in [0.2, 0.25) is 0 Å². The third kappa shape index (κ3) is 36.2. The zero-order valence-electron chi connectivity index (χ0n) is 13.6. The Labute approximate surface area is 135 Å². The average molecular weight is 371 g/mol. The fourth-order valence-electron chi connectivity index (χ4n) is 1.34. The van der Waals surface area contributed by atoms with Gasteiger partial charge < -0.3 is 10.1 Å².